The van der Waals surface area contributed by atoms with E-state index in [-0.39, 0.29) is 37.5 Å². The lowest BCUT2D eigenvalue weighted by Gasteiger charge is -2.18. The summed E-state index contributed by atoms with van der Waals surface area (Å²) in [4.78, 5) is 38.3. The van der Waals surface area contributed by atoms with Gasteiger partial charge >= 0.3 is 17.9 Å². The highest BCUT2D eigenvalue weighted by atomic mass is 16.6. The molecule has 0 aliphatic rings. The Morgan fingerprint density at radius 3 is 0.792 bits per heavy atom. The van der Waals surface area contributed by atoms with Crippen LogP contribution in [-0.2, 0) is 28.6 Å². The number of carbonyl (C=O) groups excluding carboxylic acids is 3. The smallest absolute Gasteiger partial charge is 0.306 e. The Morgan fingerprint density at radius 2 is 0.506 bits per heavy atom. The van der Waals surface area contributed by atoms with E-state index in [0.29, 0.717) is 19.3 Å². The van der Waals surface area contributed by atoms with E-state index in [1.54, 1.807) is 0 Å². The summed E-state index contributed by atoms with van der Waals surface area (Å²) in [5.41, 5.74) is 0. The molecule has 0 aliphatic carbocycles. The first-order chi connectivity index (χ1) is 38.0. The molecule has 0 saturated heterocycles. The van der Waals surface area contributed by atoms with Crippen LogP contribution >= 0.6 is 0 Å². The summed E-state index contributed by atoms with van der Waals surface area (Å²) in [7, 11) is 0. The first-order valence-electron chi connectivity index (χ1n) is 31.3. The van der Waals surface area contributed by atoms with Gasteiger partial charge in [0, 0.05) is 19.3 Å². The molecule has 77 heavy (non-hydrogen) atoms. The number of esters is 3. The highest BCUT2D eigenvalue weighted by Crippen LogP contribution is 2.15. The van der Waals surface area contributed by atoms with Crippen LogP contribution in [0.15, 0.2) is 146 Å². The maximum absolute atomic E-state index is 12.9. The van der Waals surface area contributed by atoms with Crippen LogP contribution in [0.3, 0.4) is 0 Å². The second kappa shape index (κ2) is 63.8. The van der Waals surface area contributed by atoms with Gasteiger partial charge in [0.15, 0.2) is 6.10 Å². The number of rotatable bonds is 55. The van der Waals surface area contributed by atoms with Gasteiger partial charge in [-0.15, -0.1) is 0 Å². The van der Waals surface area contributed by atoms with Gasteiger partial charge in [-0.05, 0) is 122 Å². The van der Waals surface area contributed by atoms with Crippen molar-refractivity contribution in [3.63, 3.8) is 0 Å². The Bertz CT molecular complexity index is 1700. The SMILES string of the molecule is CC/C=C\C/C=C\C/C=C\C/C=C\C/C=C\C/C=C\C/C=C\CCCCCC(=O)OCC(COC(=O)CCCCCCCCCCCCCCCCC)OC(=O)CCCCC/C=C\C/C=C\C/C=C\C/C=C\C/C=C\CC. The van der Waals surface area contributed by atoms with Crippen LogP contribution in [0.4, 0.5) is 0 Å². The van der Waals surface area contributed by atoms with E-state index >= 15 is 0 Å². The van der Waals surface area contributed by atoms with E-state index in [9.17, 15) is 14.4 Å². The minimum Gasteiger partial charge on any atom is -0.462 e. The summed E-state index contributed by atoms with van der Waals surface area (Å²) >= 11 is 0. The molecule has 0 N–H and O–H groups in total. The van der Waals surface area contributed by atoms with Crippen LogP contribution < -0.4 is 0 Å². The van der Waals surface area contributed by atoms with E-state index in [1.807, 2.05) is 0 Å². The molecule has 6 nitrogen and oxygen atoms in total. The van der Waals surface area contributed by atoms with Gasteiger partial charge < -0.3 is 14.2 Å². The minimum atomic E-state index is -0.816. The third-order valence-electron chi connectivity index (χ3n) is 12.8. The number of hydrogen-bond donors (Lipinski definition) is 0. The number of ether oxygens (including phenoxy) is 3. The molecule has 0 spiro atoms. The zero-order valence-corrected chi connectivity index (χ0v) is 49.7. The van der Waals surface area contributed by atoms with Gasteiger partial charge in [-0.3, -0.25) is 14.4 Å². The fraction of sp³-hybridized carbons (Fsp3) is 0.620. The van der Waals surface area contributed by atoms with E-state index in [4.69, 9.17) is 14.2 Å². The summed E-state index contributed by atoms with van der Waals surface area (Å²) in [6, 6.07) is 0. The van der Waals surface area contributed by atoms with Gasteiger partial charge in [0.2, 0.25) is 0 Å². The highest BCUT2D eigenvalue weighted by molar-refractivity contribution is 5.71. The van der Waals surface area contributed by atoms with Crippen molar-refractivity contribution < 1.29 is 28.6 Å². The second-order valence-electron chi connectivity index (χ2n) is 20.2. The molecule has 0 rings (SSSR count). The van der Waals surface area contributed by atoms with Crippen molar-refractivity contribution in [1.29, 1.82) is 0 Å². The van der Waals surface area contributed by atoms with E-state index in [2.05, 4.69) is 167 Å². The molecule has 434 valence electrons. The maximum Gasteiger partial charge on any atom is 0.306 e. The quantitative estimate of drug-likeness (QED) is 0.0261. The summed E-state index contributed by atoms with van der Waals surface area (Å²) in [5.74, 6) is -0.972. The Hall–Kier alpha value is -4.71. The molecular weight excluding hydrogens is 949 g/mol. The molecule has 0 radical (unpaired) electrons. The van der Waals surface area contributed by atoms with Gasteiger partial charge in [0.05, 0.1) is 0 Å². The predicted octanol–water partition coefficient (Wildman–Crippen LogP) is 21.5. The number of unbranched alkanes of at least 4 members (excludes halogenated alkanes) is 20. The minimum absolute atomic E-state index is 0.106. The molecule has 0 aromatic carbocycles. The van der Waals surface area contributed by atoms with Gasteiger partial charge in [-0.25, -0.2) is 0 Å². The van der Waals surface area contributed by atoms with E-state index < -0.39 is 6.10 Å². The topological polar surface area (TPSA) is 78.9 Å². The van der Waals surface area contributed by atoms with Crippen LogP contribution in [0.1, 0.15) is 265 Å². The maximum atomic E-state index is 12.9. The molecule has 0 heterocycles. The lowest BCUT2D eigenvalue weighted by Crippen LogP contribution is -2.30. The molecule has 0 aromatic rings. The van der Waals surface area contributed by atoms with Crippen LogP contribution in [0.5, 0.6) is 0 Å². The summed E-state index contributed by atoms with van der Waals surface area (Å²) < 4.78 is 16.9. The predicted molar refractivity (Wildman–Crippen MR) is 334 cm³/mol. The number of hydrogen-bond acceptors (Lipinski definition) is 6. The molecule has 0 fully saturated rings. The van der Waals surface area contributed by atoms with Crippen LogP contribution in [0, 0.1) is 0 Å². The van der Waals surface area contributed by atoms with Crippen LogP contribution in [0.25, 0.3) is 0 Å². The highest BCUT2D eigenvalue weighted by Gasteiger charge is 2.19. The fourth-order valence-corrected chi connectivity index (χ4v) is 8.21. The Morgan fingerprint density at radius 1 is 0.273 bits per heavy atom. The normalized spacial score (nSPS) is 13.1. The van der Waals surface area contributed by atoms with Crippen molar-refractivity contribution in [2.75, 3.05) is 13.2 Å². The first-order valence-corrected chi connectivity index (χ1v) is 31.3. The standard InChI is InChI=1S/C71H114O6/c1-4-7-10-13-16-19-22-25-28-30-32-33-34-35-36-37-39-40-43-46-49-52-55-58-61-64-70(73)76-67-68(66-75-69(72)63-60-57-54-51-48-45-42-27-24-21-18-15-12-9-6-3)77-71(74)65-62-59-56-53-50-47-44-41-38-31-29-26-23-20-17-14-11-8-5-2/h7-8,10-11,16-17,19-20,25-26,28-29,32-33,35-36,38-41,46-47,49-50,68H,4-6,9,12-15,18,21-24,27,30-31,34,37,42-45,48,51-67H2,1-3H3/b10-7-,11-8-,19-16-,20-17-,28-25-,29-26-,33-32-,36-35-,40-39-,41-38-,49-46-,50-47-. The van der Waals surface area contributed by atoms with Crippen LogP contribution in [-0.4, -0.2) is 37.2 Å². The molecule has 1 unspecified atom stereocenters. The van der Waals surface area contributed by atoms with Crippen molar-refractivity contribution in [2.45, 2.75) is 271 Å². The number of carbonyl (C=O) groups is 3. The third-order valence-corrected chi connectivity index (χ3v) is 12.8. The Kier molecular flexibility index (Phi) is 59.9. The van der Waals surface area contributed by atoms with E-state index in [0.717, 1.165) is 141 Å². The molecule has 1 atom stereocenters. The largest absolute Gasteiger partial charge is 0.462 e. The van der Waals surface area contributed by atoms with Crippen molar-refractivity contribution in [3.05, 3.63) is 146 Å². The Labute approximate surface area is 474 Å². The van der Waals surface area contributed by atoms with Gasteiger partial charge in [-0.1, -0.05) is 269 Å². The second-order valence-corrected chi connectivity index (χ2v) is 20.2. The zero-order chi connectivity index (χ0) is 55.7. The monoisotopic (exact) mass is 1060 g/mol. The average Bonchev–Trinajstić information content (AvgIpc) is 3.43. The lowest BCUT2D eigenvalue weighted by atomic mass is 10.0. The third kappa shape index (κ3) is 62.0. The molecule has 0 aliphatic heterocycles. The fourth-order valence-electron chi connectivity index (χ4n) is 8.21. The summed E-state index contributed by atoms with van der Waals surface area (Å²) in [6.45, 7) is 6.36. The van der Waals surface area contributed by atoms with Crippen molar-refractivity contribution in [2.24, 2.45) is 0 Å². The van der Waals surface area contributed by atoms with Crippen molar-refractivity contribution in [3.8, 4) is 0 Å². The summed E-state index contributed by atoms with van der Waals surface area (Å²) in [5, 5.41) is 0. The van der Waals surface area contributed by atoms with Crippen molar-refractivity contribution in [1.82, 2.24) is 0 Å². The molecule has 0 amide bonds. The van der Waals surface area contributed by atoms with E-state index in [1.165, 1.54) is 77.0 Å². The molecule has 0 saturated carbocycles. The zero-order valence-electron chi connectivity index (χ0n) is 49.7. The Balaban J connectivity index is 4.51. The molecule has 0 bridgehead atoms. The summed E-state index contributed by atoms with van der Waals surface area (Å²) in [6.07, 6.45) is 91.3. The molecular formula is C71H114O6. The average molecular weight is 1060 g/mol. The molecule has 0 aromatic heterocycles. The van der Waals surface area contributed by atoms with Gasteiger partial charge in [0.25, 0.3) is 0 Å². The first kappa shape index (κ1) is 72.3. The lowest BCUT2D eigenvalue weighted by molar-refractivity contribution is -0.167. The van der Waals surface area contributed by atoms with Crippen molar-refractivity contribution >= 4 is 17.9 Å². The van der Waals surface area contributed by atoms with Gasteiger partial charge in [0.1, 0.15) is 13.2 Å². The van der Waals surface area contributed by atoms with Gasteiger partial charge in [-0.2, -0.15) is 0 Å². The molecule has 6 heteroatoms. The number of allylic oxidation sites excluding steroid dienone is 24. The van der Waals surface area contributed by atoms with Crippen LogP contribution in [0.2, 0.25) is 0 Å².